The molecule has 1 amide bonds. The first-order valence-electron chi connectivity index (χ1n) is 7.74. The lowest BCUT2D eigenvalue weighted by molar-refractivity contribution is 0.0559. The van der Waals surface area contributed by atoms with Gasteiger partial charge >= 0.3 is 5.69 Å². The first kappa shape index (κ1) is 13.3. The van der Waals surface area contributed by atoms with E-state index in [0.29, 0.717) is 5.92 Å². The molecule has 2 aromatic rings. The summed E-state index contributed by atoms with van der Waals surface area (Å²) in [5.74, 6) is 0.485. The van der Waals surface area contributed by atoms with Crippen molar-refractivity contribution >= 4 is 5.91 Å². The number of hydrogen-bond donors (Lipinski definition) is 2. The summed E-state index contributed by atoms with van der Waals surface area (Å²) in [7, 11) is 0. The van der Waals surface area contributed by atoms with E-state index < -0.39 is 5.69 Å². The average Bonchev–Trinajstić information content (AvgIpc) is 3.09. The topological polar surface area (TPSA) is 81.8 Å². The molecule has 0 spiro atoms. The highest BCUT2D eigenvalue weighted by molar-refractivity contribution is 5.91. The van der Waals surface area contributed by atoms with Crippen LogP contribution in [0.5, 0.6) is 0 Å². The number of piperidine rings is 1. The molecule has 6 heteroatoms. The Morgan fingerprint density at radius 2 is 1.82 bits per heavy atom. The van der Waals surface area contributed by atoms with E-state index in [-0.39, 0.29) is 23.8 Å². The van der Waals surface area contributed by atoms with Crippen LogP contribution in [0, 0.1) is 0 Å². The van der Waals surface area contributed by atoms with Crippen molar-refractivity contribution in [1.82, 2.24) is 20.1 Å². The number of carbonyl (C=O) groups excluding carboxylic acids is 1. The van der Waals surface area contributed by atoms with Crippen molar-refractivity contribution in [3.05, 3.63) is 52.2 Å². The van der Waals surface area contributed by atoms with E-state index in [1.807, 2.05) is 11.0 Å². The molecule has 2 saturated heterocycles. The van der Waals surface area contributed by atoms with Crippen molar-refractivity contribution in [2.75, 3.05) is 0 Å². The van der Waals surface area contributed by atoms with Crippen LogP contribution in [-0.2, 0) is 0 Å². The molecule has 1 aromatic carbocycles. The SMILES string of the molecule is O=C(c1n[nH]c(=O)[nH]1)N1[C@@H]2CC[C@H]1CC(c1ccccc1)C2. The number of aromatic nitrogens is 3. The van der Waals surface area contributed by atoms with Crippen LogP contribution in [0.4, 0.5) is 0 Å². The number of fused-ring (bicyclic) bond motifs is 2. The lowest BCUT2D eigenvalue weighted by Crippen LogP contribution is -2.46. The van der Waals surface area contributed by atoms with Gasteiger partial charge in [0.2, 0.25) is 5.82 Å². The molecule has 2 aliphatic heterocycles. The zero-order valence-corrected chi connectivity index (χ0v) is 12.2. The third-order valence-electron chi connectivity index (χ3n) is 4.94. The number of nitrogens with zero attached hydrogens (tertiary/aromatic N) is 2. The second-order valence-corrected chi connectivity index (χ2v) is 6.20. The maximum absolute atomic E-state index is 12.6. The van der Waals surface area contributed by atoms with Crippen LogP contribution in [-0.4, -0.2) is 38.1 Å². The molecule has 3 atom stereocenters. The molecule has 0 saturated carbocycles. The van der Waals surface area contributed by atoms with Gasteiger partial charge in [0, 0.05) is 12.1 Å². The van der Waals surface area contributed by atoms with Gasteiger partial charge in [-0.25, -0.2) is 9.89 Å². The predicted octanol–water partition coefficient (Wildman–Crippen LogP) is 1.65. The lowest BCUT2D eigenvalue weighted by atomic mass is 9.85. The molecule has 0 aliphatic carbocycles. The van der Waals surface area contributed by atoms with Crippen LogP contribution < -0.4 is 5.69 Å². The summed E-state index contributed by atoms with van der Waals surface area (Å²) in [6, 6.07) is 11.0. The van der Waals surface area contributed by atoms with Gasteiger partial charge in [-0.15, -0.1) is 5.10 Å². The van der Waals surface area contributed by atoms with E-state index in [0.717, 1.165) is 25.7 Å². The van der Waals surface area contributed by atoms with Gasteiger partial charge in [-0.05, 0) is 37.2 Å². The van der Waals surface area contributed by atoms with Crippen LogP contribution in [0.3, 0.4) is 0 Å². The Labute approximate surface area is 127 Å². The average molecular weight is 298 g/mol. The van der Waals surface area contributed by atoms with E-state index in [1.165, 1.54) is 5.56 Å². The number of hydrogen-bond acceptors (Lipinski definition) is 3. The fourth-order valence-electron chi connectivity index (χ4n) is 4.00. The van der Waals surface area contributed by atoms with Gasteiger partial charge in [0.1, 0.15) is 0 Å². The molecule has 2 bridgehead atoms. The molecular formula is C16H18N4O2. The van der Waals surface area contributed by atoms with Crippen LogP contribution in [0.25, 0.3) is 0 Å². The van der Waals surface area contributed by atoms with Crippen LogP contribution in [0.15, 0.2) is 35.1 Å². The monoisotopic (exact) mass is 298 g/mol. The van der Waals surface area contributed by atoms with Gasteiger partial charge in [-0.2, -0.15) is 0 Å². The second kappa shape index (κ2) is 5.12. The highest BCUT2D eigenvalue weighted by Gasteiger charge is 2.44. The minimum absolute atomic E-state index is 0.125. The van der Waals surface area contributed by atoms with Crippen molar-refractivity contribution in [3.8, 4) is 0 Å². The Balaban J connectivity index is 1.56. The minimum Gasteiger partial charge on any atom is -0.330 e. The third-order valence-corrected chi connectivity index (χ3v) is 4.94. The van der Waals surface area contributed by atoms with Gasteiger partial charge < -0.3 is 4.90 Å². The zero-order valence-electron chi connectivity index (χ0n) is 12.2. The summed E-state index contributed by atoms with van der Waals surface area (Å²) in [5, 5.41) is 6.05. The van der Waals surface area contributed by atoms with Gasteiger partial charge in [0.05, 0.1) is 0 Å². The highest BCUT2D eigenvalue weighted by atomic mass is 16.2. The van der Waals surface area contributed by atoms with E-state index in [2.05, 4.69) is 39.4 Å². The molecule has 1 unspecified atom stereocenters. The molecular weight excluding hydrogens is 280 g/mol. The largest absolute Gasteiger partial charge is 0.341 e. The van der Waals surface area contributed by atoms with Crippen molar-refractivity contribution < 1.29 is 4.79 Å². The standard InChI is InChI=1S/C16H18N4O2/c21-15(14-17-16(22)19-18-14)20-12-6-7-13(20)9-11(8-12)10-4-2-1-3-5-10/h1-5,11-13H,6-9H2,(H2,17,18,19,22)/t11?,12-,13+. The summed E-state index contributed by atoms with van der Waals surface area (Å²) in [5.41, 5.74) is 0.926. The maximum atomic E-state index is 12.6. The fraction of sp³-hybridized carbons (Fsp3) is 0.438. The molecule has 6 nitrogen and oxygen atoms in total. The molecule has 1 aromatic heterocycles. The Morgan fingerprint density at radius 3 is 2.41 bits per heavy atom. The quantitative estimate of drug-likeness (QED) is 0.884. The Hall–Kier alpha value is -2.37. The third kappa shape index (κ3) is 2.15. The molecule has 22 heavy (non-hydrogen) atoms. The number of H-pyrrole nitrogens is 2. The molecule has 4 rings (SSSR count). The van der Waals surface area contributed by atoms with Gasteiger partial charge in [0.25, 0.3) is 5.91 Å². The smallest absolute Gasteiger partial charge is 0.330 e. The van der Waals surface area contributed by atoms with Crippen LogP contribution >= 0.6 is 0 Å². The molecule has 0 radical (unpaired) electrons. The summed E-state index contributed by atoms with van der Waals surface area (Å²) >= 11 is 0. The lowest BCUT2D eigenvalue weighted by Gasteiger charge is -2.38. The molecule has 2 N–H and O–H groups in total. The number of aromatic amines is 2. The van der Waals surface area contributed by atoms with E-state index >= 15 is 0 Å². The highest BCUT2D eigenvalue weighted by Crippen LogP contribution is 2.43. The number of rotatable bonds is 2. The molecule has 114 valence electrons. The predicted molar refractivity (Wildman–Crippen MR) is 80.6 cm³/mol. The summed E-state index contributed by atoms with van der Waals surface area (Å²) < 4.78 is 0. The zero-order chi connectivity index (χ0) is 15.1. The van der Waals surface area contributed by atoms with Crippen LogP contribution in [0.1, 0.15) is 47.8 Å². The first-order chi connectivity index (χ1) is 10.7. The van der Waals surface area contributed by atoms with Crippen molar-refractivity contribution in [1.29, 1.82) is 0 Å². The van der Waals surface area contributed by atoms with Gasteiger partial charge in [-0.3, -0.25) is 9.78 Å². The van der Waals surface area contributed by atoms with Gasteiger partial charge in [-0.1, -0.05) is 30.3 Å². The van der Waals surface area contributed by atoms with E-state index in [4.69, 9.17) is 0 Å². The van der Waals surface area contributed by atoms with Crippen LogP contribution in [0.2, 0.25) is 0 Å². The molecule has 2 aliphatic rings. The van der Waals surface area contributed by atoms with Crippen molar-refractivity contribution in [3.63, 3.8) is 0 Å². The van der Waals surface area contributed by atoms with E-state index in [9.17, 15) is 9.59 Å². The Kier molecular flexibility index (Phi) is 3.10. The fourth-order valence-corrected chi connectivity index (χ4v) is 4.00. The van der Waals surface area contributed by atoms with Gasteiger partial charge in [0.15, 0.2) is 0 Å². The number of benzene rings is 1. The first-order valence-corrected chi connectivity index (χ1v) is 7.74. The summed E-state index contributed by atoms with van der Waals surface area (Å²) in [4.78, 5) is 28.1. The Bertz CT molecular complexity index is 722. The summed E-state index contributed by atoms with van der Waals surface area (Å²) in [6.07, 6.45) is 4.05. The maximum Gasteiger partial charge on any atom is 0.341 e. The van der Waals surface area contributed by atoms with Crippen molar-refractivity contribution in [2.45, 2.75) is 43.7 Å². The molecule has 3 heterocycles. The normalized spacial score (nSPS) is 27.1. The number of nitrogens with one attached hydrogen (secondary N) is 2. The number of carbonyl (C=O) groups is 1. The van der Waals surface area contributed by atoms with Crippen molar-refractivity contribution in [2.24, 2.45) is 0 Å². The minimum atomic E-state index is -0.435. The van der Waals surface area contributed by atoms with E-state index in [1.54, 1.807) is 0 Å². The Morgan fingerprint density at radius 1 is 1.14 bits per heavy atom. The molecule has 2 fully saturated rings. The second-order valence-electron chi connectivity index (χ2n) is 6.20. The number of amides is 1. The summed E-state index contributed by atoms with van der Waals surface area (Å²) in [6.45, 7) is 0.